The molecule has 0 aromatic carbocycles. The van der Waals surface area contributed by atoms with Gasteiger partial charge in [0.05, 0.1) is 11.7 Å². The van der Waals surface area contributed by atoms with Crippen LogP contribution in [0.4, 0.5) is 11.5 Å². The van der Waals surface area contributed by atoms with Crippen LogP contribution in [0.1, 0.15) is 44.4 Å². The molecule has 1 unspecified atom stereocenters. The molecule has 2 N–H and O–H groups in total. The first kappa shape index (κ1) is 15.7. The zero-order chi connectivity index (χ0) is 16.6. The van der Waals surface area contributed by atoms with E-state index in [1.807, 2.05) is 6.92 Å². The number of fused-ring (bicyclic) bond motifs is 1. The van der Waals surface area contributed by atoms with Gasteiger partial charge in [0.1, 0.15) is 17.0 Å². The highest BCUT2D eigenvalue weighted by molar-refractivity contribution is 7.09. The van der Waals surface area contributed by atoms with Crippen LogP contribution in [0.15, 0.2) is 11.7 Å². The third-order valence-corrected chi connectivity index (χ3v) is 4.46. The first-order valence-corrected chi connectivity index (χ1v) is 8.22. The van der Waals surface area contributed by atoms with Crippen molar-refractivity contribution >= 4 is 28.7 Å². The minimum atomic E-state index is -0.215. The van der Waals surface area contributed by atoms with Crippen molar-refractivity contribution in [2.24, 2.45) is 0 Å². The minimum Gasteiger partial charge on any atom is -0.466 e. The highest BCUT2D eigenvalue weighted by atomic mass is 32.1. The summed E-state index contributed by atoms with van der Waals surface area (Å²) in [5.41, 5.74) is 1.56. The predicted molar refractivity (Wildman–Crippen MR) is 89.0 cm³/mol. The Morgan fingerprint density at radius 1 is 1.39 bits per heavy atom. The zero-order valence-corrected chi connectivity index (χ0v) is 14.3. The summed E-state index contributed by atoms with van der Waals surface area (Å²) < 4.78 is 5.30. The van der Waals surface area contributed by atoms with Crippen molar-refractivity contribution < 1.29 is 9.53 Å². The van der Waals surface area contributed by atoms with E-state index in [4.69, 9.17) is 9.72 Å². The average Bonchev–Trinajstić information content (AvgIpc) is 2.98. The van der Waals surface area contributed by atoms with E-state index in [-0.39, 0.29) is 24.0 Å². The van der Waals surface area contributed by atoms with Gasteiger partial charge < -0.3 is 15.4 Å². The molecule has 1 amide bonds. The molecular weight excluding hydrogens is 314 g/mol. The first-order valence-electron chi connectivity index (χ1n) is 7.34. The van der Waals surface area contributed by atoms with Crippen LogP contribution in [0.25, 0.3) is 0 Å². The number of amides is 1. The van der Waals surface area contributed by atoms with Gasteiger partial charge in [0.25, 0.3) is 5.91 Å². The van der Waals surface area contributed by atoms with Crippen molar-refractivity contribution in [3.8, 4) is 5.88 Å². The SMILES string of the molecule is CC(Nc1ncnc2c1NC(=O)CO2)c1nc(C(C)(C)C)cs1. The van der Waals surface area contributed by atoms with Crippen LogP contribution < -0.4 is 15.4 Å². The molecule has 2 aromatic rings. The van der Waals surface area contributed by atoms with Crippen molar-refractivity contribution in [3.05, 3.63) is 22.4 Å². The fourth-order valence-corrected chi connectivity index (χ4v) is 3.16. The van der Waals surface area contributed by atoms with Crippen molar-refractivity contribution in [3.63, 3.8) is 0 Å². The van der Waals surface area contributed by atoms with E-state index in [1.165, 1.54) is 6.33 Å². The zero-order valence-electron chi connectivity index (χ0n) is 13.5. The lowest BCUT2D eigenvalue weighted by molar-refractivity contribution is -0.118. The lowest BCUT2D eigenvalue weighted by Gasteiger charge is -2.21. The van der Waals surface area contributed by atoms with E-state index < -0.39 is 0 Å². The van der Waals surface area contributed by atoms with Crippen molar-refractivity contribution in [2.45, 2.75) is 39.2 Å². The third kappa shape index (κ3) is 3.26. The quantitative estimate of drug-likeness (QED) is 0.898. The molecule has 8 heteroatoms. The Kier molecular flexibility index (Phi) is 3.93. The topological polar surface area (TPSA) is 89.0 Å². The fourth-order valence-electron chi connectivity index (χ4n) is 2.11. The van der Waals surface area contributed by atoms with Gasteiger partial charge in [0, 0.05) is 10.8 Å². The largest absolute Gasteiger partial charge is 0.466 e. The van der Waals surface area contributed by atoms with Crippen molar-refractivity contribution in [2.75, 3.05) is 17.2 Å². The molecule has 0 fully saturated rings. The van der Waals surface area contributed by atoms with E-state index in [2.05, 4.69) is 46.8 Å². The smallest absolute Gasteiger partial charge is 0.262 e. The molecule has 2 aromatic heterocycles. The van der Waals surface area contributed by atoms with Gasteiger partial charge in [0.15, 0.2) is 12.4 Å². The van der Waals surface area contributed by atoms with Gasteiger partial charge in [0.2, 0.25) is 5.88 Å². The van der Waals surface area contributed by atoms with E-state index in [0.29, 0.717) is 17.4 Å². The molecule has 122 valence electrons. The summed E-state index contributed by atoms with van der Waals surface area (Å²) in [6.45, 7) is 8.39. The molecule has 0 radical (unpaired) electrons. The lowest BCUT2D eigenvalue weighted by Crippen LogP contribution is -2.27. The second-order valence-corrected chi connectivity index (χ2v) is 7.32. The van der Waals surface area contributed by atoms with Gasteiger partial charge in [-0.15, -0.1) is 11.3 Å². The molecule has 1 aliphatic rings. The highest BCUT2D eigenvalue weighted by Crippen LogP contribution is 2.34. The molecule has 0 saturated heterocycles. The molecule has 1 atom stereocenters. The highest BCUT2D eigenvalue weighted by Gasteiger charge is 2.24. The number of aromatic nitrogens is 3. The summed E-state index contributed by atoms with van der Waals surface area (Å²) >= 11 is 1.61. The lowest BCUT2D eigenvalue weighted by atomic mass is 9.93. The Morgan fingerprint density at radius 3 is 2.87 bits per heavy atom. The number of hydrogen-bond donors (Lipinski definition) is 2. The molecule has 7 nitrogen and oxygen atoms in total. The molecule has 23 heavy (non-hydrogen) atoms. The number of carbonyl (C=O) groups excluding carboxylic acids is 1. The number of anilines is 2. The Morgan fingerprint density at radius 2 is 2.17 bits per heavy atom. The molecule has 3 rings (SSSR count). The van der Waals surface area contributed by atoms with E-state index in [9.17, 15) is 4.79 Å². The van der Waals surface area contributed by atoms with Crippen molar-refractivity contribution in [1.82, 2.24) is 15.0 Å². The van der Waals surface area contributed by atoms with Crippen LogP contribution in [-0.4, -0.2) is 27.5 Å². The Hall–Kier alpha value is -2.22. The maximum atomic E-state index is 11.5. The van der Waals surface area contributed by atoms with Gasteiger partial charge in [-0.1, -0.05) is 20.8 Å². The maximum absolute atomic E-state index is 11.5. The normalized spacial score (nSPS) is 15.4. The summed E-state index contributed by atoms with van der Waals surface area (Å²) in [4.78, 5) is 24.5. The van der Waals surface area contributed by atoms with Crippen molar-refractivity contribution in [1.29, 1.82) is 0 Å². The van der Waals surface area contributed by atoms with Crippen LogP contribution >= 0.6 is 11.3 Å². The minimum absolute atomic E-state index is 0.0182. The first-order chi connectivity index (χ1) is 10.8. The van der Waals surface area contributed by atoms with Crippen LogP contribution in [0.2, 0.25) is 0 Å². The van der Waals surface area contributed by atoms with E-state index >= 15 is 0 Å². The molecule has 0 aliphatic carbocycles. The van der Waals surface area contributed by atoms with Gasteiger partial charge >= 0.3 is 0 Å². The predicted octanol–water partition coefficient (Wildman–Crippen LogP) is 2.73. The second-order valence-electron chi connectivity index (χ2n) is 6.43. The number of rotatable bonds is 3. The molecular formula is C15H19N5O2S. The van der Waals surface area contributed by atoms with Gasteiger partial charge in [-0.25, -0.2) is 9.97 Å². The van der Waals surface area contributed by atoms with Crippen LogP contribution in [0.5, 0.6) is 5.88 Å². The summed E-state index contributed by atoms with van der Waals surface area (Å²) in [6, 6.07) is -0.0473. The molecule has 0 saturated carbocycles. The maximum Gasteiger partial charge on any atom is 0.262 e. The molecule has 3 heterocycles. The second kappa shape index (κ2) is 5.77. The number of ether oxygens (including phenoxy) is 1. The number of hydrogen-bond acceptors (Lipinski definition) is 7. The molecule has 0 bridgehead atoms. The van der Waals surface area contributed by atoms with Gasteiger partial charge in [-0.05, 0) is 6.92 Å². The summed E-state index contributed by atoms with van der Waals surface area (Å²) in [5, 5.41) is 9.06. The molecule has 0 spiro atoms. The van der Waals surface area contributed by atoms with E-state index in [0.717, 1.165) is 10.7 Å². The van der Waals surface area contributed by atoms with Gasteiger partial charge in [-0.2, -0.15) is 4.98 Å². The number of nitrogens with one attached hydrogen (secondary N) is 2. The monoisotopic (exact) mass is 333 g/mol. The number of thiazole rings is 1. The van der Waals surface area contributed by atoms with Gasteiger partial charge in [-0.3, -0.25) is 4.79 Å². The number of carbonyl (C=O) groups is 1. The van der Waals surface area contributed by atoms with Crippen LogP contribution in [0, 0.1) is 0 Å². The third-order valence-electron chi connectivity index (χ3n) is 3.43. The number of nitrogens with zero attached hydrogens (tertiary/aromatic N) is 3. The Labute approximate surface area is 138 Å². The van der Waals surface area contributed by atoms with E-state index in [1.54, 1.807) is 11.3 Å². The summed E-state index contributed by atoms with van der Waals surface area (Å²) in [6.07, 6.45) is 1.41. The average molecular weight is 333 g/mol. The summed E-state index contributed by atoms with van der Waals surface area (Å²) in [7, 11) is 0. The van der Waals surface area contributed by atoms with Crippen LogP contribution in [0.3, 0.4) is 0 Å². The Bertz CT molecular complexity index is 738. The summed E-state index contributed by atoms with van der Waals surface area (Å²) in [5.74, 6) is 0.694. The fraction of sp³-hybridized carbons (Fsp3) is 0.467. The Balaban J connectivity index is 1.82. The standard InChI is InChI=1S/C15H19N5O2S/c1-8(14-19-9(6-23-14)15(2,3)4)18-12-11-13(17-7-16-12)22-5-10(21)20-11/h6-8H,5H2,1-4H3,(H,20,21)(H,16,17,18). The molecule has 1 aliphatic heterocycles. The van der Waals surface area contributed by atoms with Crippen LogP contribution in [-0.2, 0) is 10.2 Å².